The third kappa shape index (κ3) is 5.16. The molecule has 1 amide bonds. The number of para-hydroxylation sites is 1. The molecule has 1 heterocycles. The summed E-state index contributed by atoms with van der Waals surface area (Å²) in [5, 5.41) is 5.44. The molecule has 0 spiro atoms. The van der Waals surface area contributed by atoms with E-state index >= 15 is 0 Å². The van der Waals surface area contributed by atoms with E-state index in [1.165, 1.54) is 16.9 Å². The average molecular weight is 352 g/mol. The van der Waals surface area contributed by atoms with Gasteiger partial charge in [0.2, 0.25) is 5.91 Å². The third-order valence-corrected chi connectivity index (χ3v) is 4.42. The van der Waals surface area contributed by atoms with Gasteiger partial charge in [-0.1, -0.05) is 48.0 Å². The van der Waals surface area contributed by atoms with Crippen LogP contribution in [0.3, 0.4) is 0 Å². The lowest BCUT2D eigenvalue weighted by molar-refractivity contribution is -0.116. The molecular weight excluding hydrogens is 332 g/mol. The highest BCUT2D eigenvalue weighted by Crippen LogP contribution is 2.25. The normalized spacial score (nSPS) is 10.4. The van der Waals surface area contributed by atoms with Crippen molar-refractivity contribution in [1.82, 2.24) is 4.98 Å². The van der Waals surface area contributed by atoms with E-state index in [1.807, 2.05) is 47.8 Å². The second-order valence-electron chi connectivity index (χ2n) is 5.72. The van der Waals surface area contributed by atoms with Crippen LogP contribution in [0.5, 0.6) is 5.75 Å². The number of aromatic nitrogens is 1. The maximum atomic E-state index is 12.0. The number of hydrogen-bond acceptors (Lipinski definition) is 4. The molecule has 0 aliphatic carbocycles. The zero-order chi connectivity index (χ0) is 17.5. The summed E-state index contributed by atoms with van der Waals surface area (Å²) >= 11 is 1.44. The Labute approximate surface area is 151 Å². The van der Waals surface area contributed by atoms with Gasteiger partial charge in [0, 0.05) is 17.4 Å². The first kappa shape index (κ1) is 17.2. The lowest BCUT2D eigenvalue weighted by Crippen LogP contribution is -2.12. The van der Waals surface area contributed by atoms with Crippen molar-refractivity contribution in [2.45, 2.75) is 19.8 Å². The van der Waals surface area contributed by atoms with Crippen molar-refractivity contribution in [3.63, 3.8) is 0 Å². The number of nitrogens with zero attached hydrogens (tertiary/aromatic N) is 1. The smallest absolute Gasteiger partial charge is 0.226 e. The van der Waals surface area contributed by atoms with Crippen LogP contribution in [0, 0.1) is 6.92 Å². The molecule has 128 valence electrons. The summed E-state index contributed by atoms with van der Waals surface area (Å²) in [7, 11) is 0. The van der Waals surface area contributed by atoms with E-state index in [4.69, 9.17) is 4.74 Å². The van der Waals surface area contributed by atoms with E-state index < -0.39 is 0 Å². The van der Waals surface area contributed by atoms with Gasteiger partial charge in [-0.15, -0.1) is 11.3 Å². The van der Waals surface area contributed by atoms with Crippen LogP contribution in [0.1, 0.15) is 18.4 Å². The van der Waals surface area contributed by atoms with Gasteiger partial charge >= 0.3 is 0 Å². The molecule has 3 aromatic rings. The van der Waals surface area contributed by atoms with Crippen LogP contribution in [-0.4, -0.2) is 17.5 Å². The Bertz CT molecular complexity index is 813. The van der Waals surface area contributed by atoms with E-state index in [1.54, 1.807) is 0 Å². The summed E-state index contributed by atoms with van der Waals surface area (Å²) in [6, 6.07) is 17.8. The number of rotatable bonds is 7. The molecule has 1 N–H and O–H groups in total. The maximum absolute atomic E-state index is 12.0. The van der Waals surface area contributed by atoms with Crippen LogP contribution in [-0.2, 0) is 4.79 Å². The average Bonchev–Trinajstić information content (AvgIpc) is 3.09. The molecular formula is C20H20N2O2S. The zero-order valence-corrected chi connectivity index (χ0v) is 14.9. The zero-order valence-electron chi connectivity index (χ0n) is 14.1. The van der Waals surface area contributed by atoms with Crippen LogP contribution < -0.4 is 10.1 Å². The summed E-state index contributed by atoms with van der Waals surface area (Å²) in [5.41, 5.74) is 3.15. The highest BCUT2D eigenvalue weighted by atomic mass is 32.1. The summed E-state index contributed by atoms with van der Waals surface area (Å²) < 4.78 is 5.59. The fourth-order valence-corrected chi connectivity index (χ4v) is 3.05. The number of anilines is 1. The second kappa shape index (κ2) is 8.44. The third-order valence-electron chi connectivity index (χ3n) is 3.66. The van der Waals surface area contributed by atoms with Gasteiger partial charge in [0.1, 0.15) is 5.75 Å². The quantitative estimate of drug-likeness (QED) is 0.614. The summed E-state index contributed by atoms with van der Waals surface area (Å²) in [6.07, 6.45) is 1.07. The van der Waals surface area contributed by atoms with Crippen molar-refractivity contribution in [3.05, 3.63) is 65.5 Å². The molecule has 0 saturated heterocycles. The van der Waals surface area contributed by atoms with Gasteiger partial charge in [-0.3, -0.25) is 4.79 Å². The first-order chi connectivity index (χ1) is 12.2. The monoisotopic (exact) mass is 352 g/mol. The highest BCUT2D eigenvalue weighted by molar-refractivity contribution is 7.14. The van der Waals surface area contributed by atoms with Crippen LogP contribution in [0.15, 0.2) is 60.0 Å². The topological polar surface area (TPSA) is 51.2 Å². The van der Waals surface area contributed by atoms with E-state index in [-0.39, 0.29) is 5.91 Å². The molecule has 0 fully saturated rings. The van der Waals surface area contributed by atoms with Crippen molar-refractivity contribution in [2.75, 3.05) is 11.9 Å². The predicted molar refractivity (Wildman–Crippen MR) is 102 cm³/mol. The molecule has 0 bridgehead atoms. The number of nitrogens with one attached hydrogen (secondary N) is 1. The van der Waals surface area contributed by atoms with Crippen molar-refractivity contribution < 1.29 is 9.53 Å². The Hall–Kier alpha value is -2.66. The standard InChI is InChI=1S/C20H20N2O2S/c1-15-9-11-16(12-10-15)18-14-25-20(21-18)22-19(23)8-5-13-24-17-6-3-2-4-7-17/h2-4,6-7,9-12,14H,5,8,13H2,1H3,(H,21,22,23). The minimum absolute atomic E-state index is 0.0403. The fourth-order valence-electron chi connectivity index (χ4n) is 2.31. The van der Waals surface area contributed by atoms with E-state index in [2.05, 4.69) is 29.4 Å². The molecule has 0 aliphatic rings. The van der Waals surface area contributed by atoms with Crippen molar-refractivity contribution >= 4 is 22.4 Å². The van der Waals surface area contributed by atoms with Crippen LogP contribution in [0.25, 0.3) is 11.3 Å². The number of ether oxygens (including phenoxy) is 1. The van der Waals surface area contributed by atoms with Crippen molar-refractivity contribution in [1.29, 1.82) is 0 Å². The first-order valence-corrected chi connectivity index (χ1v) is 9.09. The molecule has 0 atom stereocenters. The number of amides is 1. The van der Waals surface area contributed by atoms with Crippen LogP contribution >= 0.6 is 11.3 Å². The van der Waals surface area contributed by atoms with E-state index in [9.17, 15) is 4.79 Å². The van der Waals surface area contributed by atoms with Gasteiger partial charge in [0.05, 0.1) is 12.3 Å². The number of thiazole rings is 1. The minimum atomic E-state index is -0.0403. The fraction of sp³-hybridized carbons (Fsp3) is 0.200. The molecule has 0 unspecified atom stereocenters. The number of hydrogen-bond donors (Lipinski definition) is 1. The van der Waals surface area contributed by atoms with E-state index in [0.717, 1.165) is 17.0 Å². The molecule has 4 nitrogen and oxygen atoms in total. The SMILES string of the molecule is Cc1ccc(-c2csc(NC(=O)CCCOc3ccccc3)n2)cc1. The number of carbonyl (C=O) groups is 1. The Morgan fingerprint density at radius 2 is 1.88 bits per heavy atom. The van der Waals surface area contributed by atoms with Crippen LogP contribution in [0.2, 0.25) is 0 Å². The Morgan fingerprint density at radius 3 is 2.64 bits per heavy atom. The highest BCUT2D eigenvalue weighted by Gasteiger charge is 2.08. The Balaban J connectivity index is 1.44. The van der Waals surface area contributed by atoms with Gasteiger partial charge in [0.15, 0.2) is 5.13 Å². The molecule has 5 heteroatoms. The number of aryl methyl sites for hydroxylation is 1. The largest absolute Gasteiger partial charge is 0.494 e. The molecule has 25 heavy (non-hydrogen) atoms. The van der Waals surface area contributed by atoms with Gasteiger partial charge in [-0.2, -0.15) is 0 Å². The lowest BCUT2D eigenvalue weighted by Gasteiger charge is -2.05. The van der Waals surface area contributed by atoms with E-state index in [0.29, 0.717) is 24.6 Å². The number of benzene rings is 2. The molecule has 0 aliphatic heterocycles. The van der Waals surface area contributed by atoms with Crippen molar-refractivity contribution in [2.24, 2.45) is 0 Å². The Morgan fingerprint density at radius 1 is 1.12 bits per heavy atom. The van der Waals surface area contributed by atoms with Gasteiger partial charge in [-0.25, -0.2) is 4.98 Å². The molecule has 1 aromatic heterocycles. The minimum Gasteiger partial charge on any atom is -0.494 e. The van der Waals surface area contributed by atoms with Gasteiger partial charge < -0.3 is 10.1 Å². The predicted octanol–water partition coefficient (Wildman–Crippen LogP) is 4.92. The molecule has 0 saturated carbocycles. The first-order valence-electron chi connectivity index (χ1n) is 8.21. The Kier molecular flexibility index (Phi) is 5.80. The van der Waals surface area contributed by atoms with Crippen LogP contribution in [0.4, 0.5) is 5.13 Å². The molecule has 3 rings (SSSR count). The molecule has 0 radical (unpaired) electrons. The summed E-state index contributed by atoms with van der Waals surface area (Å²) in [4.78, 5) is 16.5. The summed E-state index contributed by atoms with van der Waals surface area (Å²) in [6.45, 7) is 2.57. The maximum Gasteiger partial charge on any atom is 0.226 e. The number of carbonyl (C=O) groups excluding carboxylic acids is 1. The van der Waals surface area contributed by atoms with Crippen molar-refractivity contribution in [3.8, 4) is 17.0 Å². The lowest BCUT2D eigenvalue weighted by atomic mass is 10.1. The van der Waals surface area contributed by atoms with Gasteiger partial charge in [0.25, 0.3) is 0 Å². The summed E-state index contributed by atoms with van der Waals surface area (Å²) in [5.74, 6) is 0.784. The molecule has 2 aromatic carbocycles. The second-order valence-corrected chi connectivity index (χ2v) is 6.58. The van der Waals surface area contributed by atoms with Gasteiger partial charge in [-0.05, 0) is 25.5 Å².